The lowest BCUT2D eigenvalue weighted by Gasteiger charge is -2.18. The molecule has 1 rings (SSSR count). The predicted molar refractivity (Wildman–Crippen MR) is 71.0 cm³/mol. The molecule has 1 aromatic rings. The van der Waals surface area contributed by atoms with Crippen molar-refractivity contribution in [1.29, 1.82) is 0 Å². The van der Waals surface area contributed by atoms with Crippen LogP contribution in [0.3, 0.4) is 0 Å². The van der Waals surface area contributed by atoms with Crippen molar-refractivity contribution < 1.29 is 14.7 Å². The molecule has 2 N–H and O–H groups in total. The smallest absolute Gasteiger partial charge is 0.309 e. The van der Waals surface area contributed by atoms with Gasteiger partial charge in [0.05, 0.1) is 5.41 Å². The number of aliphatic carboxylic acids is 1. The fourth-order valence-corrected chi connectivity index (χ4v) is 1.43. The second-order valence-corrected chi connectivity index (χ2v) is 5.47. The standard InChI is InChI=1S/C13H21N3O3/c1-9(2)16-8-5-10(15-16)11(17)14-7-6-13(3,4)12(18)19/h5,8-9H,6-7H2,1-4H3,(H,14,17)(H,18,19). The lowest BCUT2D eigenvalue weighted by atomic mass is 9.90. The summed E-state index contributed by atoms with van der Waals surface area (Å²) in [6, 6.07) is 1.85. The minimum absolute atomic E-state index is 0.201. The first kappa shape index (κ1) is 15.2. The van der Waals surface area contributed by atoms with Gasteiger partial charge in [-0.15, -0.1) is 0 Å². The van der Waals surface area contributed by atoms with Gasteiger partial charge in [0.1, 0.15) is 5.69 Å². The number of amides is 1. The van der Waals surface area contributed by atoms with E-state index < -0.39 is 11.4 Å². The molecule has 0 atom stereocenters. The number of hydrogen-bond acceptors (Lipinski definition) is 3. The molecule has 0 fully saturated rings. The fraction of sp³-hybridized carbons (Fsp3) is 0.615. The molecule has 0 aliphatic rings. The highest BCUT2D eigenvalue weighted by atomic mass is 16.4. The van der Waals surface area contributed by atoms with Crippen molar-refractivity contribution in [2.45, 2.75) is 40.2 Å². The van der Waals surface area contributed by atoms with Gasteiger partial charge in [0.15, 0.2) is 0 Å². The number of carbonyl (C=O) groups is 2. The van der Waals surface area contributed by atoms with E-state index in [1.54, 1.807) is 30.8 Å². The lowest BCUT2D eigenvalue weighted by molar-refractivity contribution is -0.147. The van der Waals surface area contributed by atoms with Gasteiger partial charge in [0.25, 0.3) is 5.91 Å². The van der Waals surface area contributed by atoms with Crippen molar-refractivity contribution in [3.05, 3.63) is 18.0 Å². The highest BCUT2D eigenvalue weighted by Gasteiger charge is 2.26. The van der Waals surface area contributed by atoms with Crippen molar-refractivity contribution in [2.24, 2.45) is 5.41 Å². The third kappa shape index (κ3) is 4.08. The van der Waals surface area contributed by atoms with Gasteiger partial charge in [-0.05, 0) is 40.2 Å². The van der Waals surface area contributed by atoms with Gasteiger partial charge in [-0.2, -0.15) is 5.10 Å². The molecule has 6 nitrogen and oxygen atoms in total. The van der Waals surface area contributed by atoms with Crippen molar-refractivity contribution in [3.63, 3.8) is 0 Å². The SMILES string of the molecule is CC(C)n1ccc(C(=O)NCCC(C)(C)C(=O)O)n1. The van der Waals surface area contributed by atoms with Crippen LogP contribution >= 0.6 is 0 Å². The van der Waals surface area contributed by atoms with Crippen LogP contribution in [0.4, 0.5) is 0 Å². The predicted octanol–water partition coefficient (Wildman–Crippen LogP) is 1.69. The molecule has 106 valence electrons. The van der Waals surface area contributed by atoms with Gasteiger partial charge < -0.3 is 10.4 Å². The molecule has 0 radical (unpaired) electrons. The number of nitrogens with one attached hydrogen (secondary N) is 1. The van der Waals surface area contributed by atoms with Crippen molar-refractivity contribution in [3.8, 4) is 0 Å². The normalized spacial score (nSPS) is 11.6. The van der Waals surface area contributed by atoms with Gasteiger partial charge >= 0.3 is 5.97 Å². The Kier molecular flexibility index (Phi) is 4.69. The monoisotopic (exact) mass is 267 g/mol. The number of aromatic nitrogens is 2. The lowest BCUT2D eigenvalue weighted by Crippen LogP contribution is -2.32. The van der Waals surface area contributed by atoms with E-state index in [1.807, 2.05) is 13.8 Å². The first-order valence-electron chi connectivity index (χ1n) is 6.31. The maximum absolute atomic E-state index is 11.8. The van der Waals surface area contributed by atoms with Crippen LogP contribution in [0, 0.1) is 5.41 Å². The average Bonchev–Trinajstić information content (AvgIpc) is 2.77. The second kappa shape index (κ2) is 5.86. The van der Waals surface area contributed by atoms with E-state index in [0.717, 1.165) is 0 Å². The topological polar surface area (TPSA) is 84.2 Å². The van der Waals surface area contributed by atoms with Crippen molar-refractivity contribution >= 4 is 11.9 Å². The molecule has 0 aromatic carbocycles. The van der Waals surface area contributed by atoms with E-state index in [4.69, 9.17) is 5.11 Å². The summed E-state index contributed by atoms with van der Waals surface area (Å²) in [5.74, 6) is -1.15. The zero-order valence-electron chi connectivity index (χ0n) is 11.8. The Labute approximate surface area is 112 Å². The zero-order valence-corrected chi connectivity index (χ0v) is 11.8. The number of carbonyl (C=O) groups excluding carboxylic acids is 1. The van der Waals surface area contributed by atoms with Crippen molar-refractivity contribution in [2.75, 3.05) is 6.54 Å². The highest BCUT2D eigenvalue weighted by Crippen LogP contribution is 2.19. The van der Waals surface area contributed by atoms with Gasteiger partial charge in [-0.3, -0.25) is 14.3 Å². The molecular weight excluding hydrogens is 246 g/mol. The molecule has 6 heteroatoms. The number of carboxylic acids is 1. The minimum Gasteiger partial charge on any atom is -0.481 e. The maximum Gasteiger partial charge on any atom is 0.309 e. The fourth-order valence-electron chi connectivity index (χ4n) is 1.43. The molecule has 0 spiro atoms. The molecule has 0 unspecified atom stereocenters. The van der Waals surface area contributed by atoms with Crippen LogP contribution in [0.2, 0.25) is 0 Å². The van der Waals surface area contributed by atoms with Crippen LogP contribution in [0.15, 0.2) is 12.3 Å². The van der Waals surface area contributed by atoms with Gasteiger partial charge in [0.2, 0.25) is 0 Å². The van der Waals surface area contributed by atoms with Crippen LogP contribution in [-0.2, 0) is 4.79 Å². The Balaban J connectivity index is 2.49. The summed E-state index contributed by atoms with van der Waals surface area (Å²) >= 11 is 0. The summed E-state index contributed by atoms with van der Waals surface area (Å²) in [6.45, 7) is 7.53. The minimum atomic E-state index is -0.870. The van der Waals surface area contributed by atoms with Gasteiger partial charge in [0, 0.05) is 18.8 Å². The number of nitrogens with zero attached hydrogens (tertiary/aromatic N) is 2. The Hall–Kier alpha value is -1.85. The second-order valence-electron chi connectivity index (χ2n) is 5.47. The van der Waals surface area contributed by atoms with E-state index in [1.165, 1.54) is 0 Å². The van der Waals surface area contributed by atoms with Gasteiger partial charge in [-0.1, -0.05) is 0 Å². The maximum atomic E-state index is 11.8. The molecule has 1 amide bonds. The van der Waals surface area contributed by atoms with Crippen LogP contribution in [0.25, 0.3) is 0 Å². The summed E-state index contributed by atoms with van der Waals surface area (Å²) in [5.41, 5.74) is -0.494. The van der Waals surface area contributed by atoms with Gasteiger partial charge in [-0.25, -0.2) is 0 Å². The van der Waals surface area contributed by atoms with Crippen molar-refractivity contribution in [1.82, 2.24) is 15.1 Å². The molecule has 19 heavy (non-hydrogen) atoms. The van der Waals surface area contributed by atoms with E-state index in [2.05, 4.69) is 10.4 Å². The summed E-state index contributed by atoms with van der Waals surface area (Å²) in [4.78, 5) is 22.7. The average molecular weight is 267 g/mol. The first-order chi connectivity index (χ1) is 8.74. The molecule has 0 aliphatic heterocycles. The first-order valence-corrected chi connectivity index (χ1v) is 6.31. The Morgan fingerprint density at radius 3 is 2.58 bits per heavy atom. The van der Waals surface area contributed by atoms with E-state index >= 15 is 0 Å². The number of carboxylic acid groups (broad SMARTS) is 1. The third-order valence-electron chi connectivity index (χ3n) is 2.98. The van der Waals surface area contributed by atoms with E-state index in [9.17, 15) is 9.59 Å². The molecular formula is C13H21N3O3. The molecule has 0 bridgehead atoms. The third-order valence-corrected chi connectivity index (χ3v) is 2.98. The number of rotatable bonds is 6. The molecule has 0 aliphatic carbocycles. The summed E-state index contributed by atoms with van der Waals surface area (Å²) in [5, 5.41) is 15.8. The summed E-state index contributed by atoms with van der Waals surface area (Å²) in [6.07, 6.45) is 2.12. The van der Waals surface area contributed by atoms with Crippen LogP contribution in [0.5, 0.6) is 0 Å². The van der Waals surface area contributed by atoms with Crippen LogP contribution in [-0.4, -0.2) is 33.3 Å². The quantitative estimate of drug-likeness (QED) is 0.821. The zero-order chi connectivity index (χ0) is 14.6. The van der Waals surface area contributed by atoms with E-state index in [-0.39, 0.29) is 11.9 Å². The molecule has 0 saturated carbocycles. The summed E-state index contributed by atoms with van der Waals surface area (Å²) < 4.78 is 1.70. The largest absolute Gasteiger partial charge is 0.481 e. The number of hydrogen-bond donors (Lipinski definition) is 2. The van der Waals surface area contributed by atoms with Crippen LogP contribution < -0.4 is 5.32 Å². The molecule has 1 aromatic heterocycles. The van der Waals surface area contributed by atoms with Crippen LogP contribution in [0.1, 0.15) is 50.6 Å². The Bertz CT molecular complexity index is 463. The molecule has 1 heterocycles. The Morgan fingerprint density at radius 2 is 2.11 bits per heavy atom. The van der Waals surface area contributed by atoms with E-state index in [0.29, 0.717) is 18.7 Å². The Morgan fingerprint density at radius 1 is 1.47 bits per heavy atom. The highest BCUT2D eigenvalue weighted by molar-refractivity contribution is 5.92. The molecule has 0 saturated heterocycles. The summed E-state index contributed by atoms with van der Waals surface area (Å²) in [7, 11) is 0.